The normalized spacial score (nSPS) is 15.7. The van der Waals surface area contributed by atoms with Crippen LogP contribution in [0.2, 0.25) is 0 Å². The summed E-state index contributed by atoms with van der Waals surface area (Å²) in [5, 5.41) is 21.0. The van der Waals surface area contributed by atoms with E-state index in [4.69, 9.17) is 4.74 Å². The van der Waals surface area contributed by atoms with E-state index in [1.165, 1.54) is 33.4 Å². The summed E-state index contributed by atoms with van der Waals surface area (Å²) in [5.74, 6) is -0.933. The van der Waals surface area contributed by atoms with Gasteiger partial charge in [0.1, 0.15) is 4.90 Å². The molecule has 14 heteroatoms. The third-order valence-electron chi connectivity index (χ3n) is 4.14. The van der Waals surface area contributed by atoms with Crippen molar-refractivity contribution in [2.24, 2.45) is 7.05 Å². The molecule has 1 N–H and O–H groups in total. The fourth-order valence-electron chi connectivity index (χ4n) is 2.75. The standard InChI is InChI=1S/C13H17N7O6S/c1-17-8-9(7-14-17)27(24,25)19-5-3-18(4-6-19)13(21)10-11(20(22)23)12(26-2)16-15-10/h7-8H,3-6H2,1-2H3,(H,15,16). The molecule has 1 amide bonds. The number of carbonyl (C=O) groups is 1. The number of rotatable bonds is 5. The molecule has 13 nitrogen and oxygen atoms in total. The Labute approximate surface area is 153 Å². The number of sulfonamides is 1. The first-order valence-corrected chi connectivity index (χ1v) is 9.24. The van der Waals surface area contributed by atoms with Gasteiger partial charge in [-0.05, 0) is 0 Å². The van der Waals surface area contributed by atoms with Gasteiger partial charge in [0.2, 0.25) is 15.7 Å². The maximum atomic E-state index is 12.6. The zero-order valence-corrected chi connectivity index (χ0v) is 15.3. The molecule has 0 saturated carbocycles. The van der Waals surface area contributed by atoms with Crippen LogP contribution in [0.1, 0.15) is 10.5 Å². The van der Waals surface area contributed by atoms with Crippen LogP contribution >= 0.6 is 0 Å². The fourth-order valence-corrected chi connectivity index (χ4v) is 4.16. The zero-order valence-electron chi connectivity index (χ0n) is 14.5. The van der Waals surface area contributed by atoms with Crippen molar-refractivity contribution in [3.63, 3.8) is 0 Å². The average Bonchev–Trinajstić information content (AvgIpc) is 3.27. The van der Waals surface area contributed by atoms with Crippen LogP contribution in [0.25, 0.3) is 0 Å². The van der Waals surface area contributed by atoms with E-state index in [-0.39, 0.29) is 42.6 Å². The molecule has 0 radical (unpaired) electrons. The number of amides is 1. The highest BCUT2D eigenvalue weighted by atomic mass is 32.2. The summed E-state index contributed by atoms with van der Waals surface area (Å²) in [7, 11) is -0.893. The lowest BCUT2D eigenvalue weighted by Gasteiger charge is -2.33. The molecule has 1 aliphatic rings. The average molecular weight is 399 g/mol. The molecular weight excluding hydrogens is 382 g/mol. The number of nitro groups is 1. The van der Waals surface area contributed by atoms with Crippen molar-refractivity contribution in [2.75, 3.05) is 33.3 Å². The fraction of sp³-hybridized carbons (Fsp3) is 0.462. The molecule has 3 rings (SSSR count). The lowest BCUT2D eigenvalue weighted by Crippen LogP contribution is -2.50. The van der Waals surface area contributed by atoms with Crippen LogP contribution in [0.5, 0.6) is 5.88 Å². The number of methoxy groups -OCH3 is 1. The Balaban J connectivity index is 1.74. The second kappa shape index (κ2) is 6.96. The van der Waals surface area contributed by atoms with Gasteiger partial charge >= 0.3 is 11.6 Å². The number of nitrogens with zero attached hydrogens (tertiary/aromatic N) is 6. The minimum atomic E-state index is -3.71. The Morgan fingerprint density at radius 3 is 2.52 bits per heavy atom. The highest BCUT2D eigenvalue weighted by Crippen LogP contribution is 2.29. The van der Waals surface area contributed by atoms with Crippen LogP contribution in [0.4, 0.5) is 5.69 Å². The highest BCUT2D eigenvalue weighted by molar-refractivity contribution is 7.89. The Bertz CT molecular complexity index is 973. The van der Waals surface area contributed by atoms with Gasteiger partial charge in [-0.1, -0.05) is 0 Å². The first kappa shape index (κ1) is 18.8. The second-order valence-electron chi connectivity index (χ2n) is 5.76. The van der Waals surface area contributed by atoms with Gasteiger partial charge in [0.15, 0.2) is 0 Å². The molecule has 2 aromatic rings. The number of aromatic nitrogens is 4. The summed E-state index contributed by atoms with van der Waals surface area (Å²) in [6, 6.07) is 0. The number of hydrogen-bond acceptors (Lipinski definition) is 8. The van der Waals surface area contributed by atoms with E-state index in [0.29, 0.717) is 0 Å². The summed E-state index contributed by atoms with van der Waals surface area (Å²) in [6.45, 7) is 0.276. The zero-order chi connectivity index (χ0) is 19.8. The minimum Gasteiger partial charge on any atom is -0.475 e. The van der Waals surface area contributed by atoms with E-state index in [2.05, 4.69) is 15.3 Å². The van der Waals surface area contributed by atoms with Crippen LogP contribution < -0.4 is 4.74 Å². The molecular formula is C13H17N7O6S. The monoisotopic (exact) mass is 399 g/mol. The molecule has 27 heavy (non-hydrogen) atoms. The molecule has 146 valence electrons. The van der Waals surface area contributed by atoms with E-state index in [1.54, 1.807) is 7.05 Å². The molecule has 2 aromatic heterocycles. The lowest BCUT2D eigenvalue weighted by atomic mass is 10.3. The Kier molecular flexibility index (Phi) is 4.84. The van der Waals surface area contributed by atoms with Gasteiger partial charge < -0.3 is 9.64 Å². The molecule has 0 aliphatic carbocycles. The quantitative estimate of drug-likeness (QED) is 0.506. The van der Waals surface area contributed by atoms with Crippen molar-refractivity contribution in [3.05, 3.63) is 28.2 Å². The van der Waals surface area contributed by atoms with Gasteiger partial charge in [0.05, 0.1) is 18.2 Å². The number of nitrogens with one attached hydrogen (secondary N) is 1. The van der Waals surface area contributed by atoms with Crippen LogP contribution in [0.15, 0.2) is 17.3 Å². The Morgan fingerprint density at radius 2 is 2.00 bits per heavy atom. The van der Waals surface area contributed by atoms with Gasteiger partial charge in [0, 0.05) is 39.4 Å². The molecule has 0 unspecified atom stereocenters. The van der Waals surface area contributed by atoms with E-state index in [1.807, 2.05) is 0 Å². The molecule has 1 fully saturated rings. The van der Waals surface area contributed by atoms with Crippen LogP contribution in [0.3, 0.4) is 0 Å². The van der Waals surface area contributed by atoms with E-state index in [9.17, 15) is 23.3 Å². The van der Waals surface area contributed by atoms with Crippen molar-refractivity contribution in [1.82, 2.24) is 29.2 Å². The molecule has 1 aliphatic heterocycles. The maximum absolute atomic E-state index is 12.6. The number of aromatic amines is 1. The number of hydrogen-bond donors (Lipinski definition) is 1. The molecule has 0 aromatic carbocycles. The van der Waals surface area contributed by atoms with Crippen molar-refractivity contribution >= 4 is 21.6 Å². The summed E-state index contributed by atoms with van der Waals surface area (Å²) < 4.78 is 32.6. The number of carbonyl (C=O) groups excluding carboxylic acids is 1. The summed E-state index contributed by atoms with van der Waals surface area (Å²) in [4.78, 5) is 24.4. The van der Waals surface area contributed by atoms with Crippen molar-refractivity contribution < 1.29 is 22.9 Å². The largest absolute Gasteiger partial charge is 0.475 e. The SMILES string of the molecule is COc1n[nH]c(C(=O)N2CCN(S(=O)(=O)c3cnn(C)c3)CC2)c1[N+](=O)[O-]. The number of ether oxygens (including phenoxy) is 1. The third kappa shape index (κ3) is 3.35. The van der Waals surface area contributed by atoms with Crippen LogP contribution in [-0.4, -0.2) is 81.7 Å². The van der Waals surface area contributed by atoms with Crippen molar-refractivity contribution in [1.29, 1.82) is 0 Å². The predicted octanol–water partition coefficient (Wildman–Crippen LogP) is -0.793. The van der Waals surface area contributed by atoms with Gasteiger partial charge in [-0.15, -0.1) is 5.10 Å². The van der Waals surface area contributed by atoms with Gasteiger partial charge in [0.25, 0.3) is 5.91 Å². The summed E-state index contributed by atoms with van der Waals surface area (Å²) >= 11 is 0. The Morgan fingerprint density at radius 1 is 1.33 bits per heavy atom. The van der Waals surface area contributed by atoms with Crippen LogP contribution in [0, 0.1) is 10.1 Å². The van der Waals surface area contributed by atoms with Gasteiger partial charge in [-0.25, -0.2) is 8.42 Å². The predicted molar refractivity (Wildman–Crippen MR) is 89.7 cm³/mol. The summed E-state index contributed by atoms with van der Waals surface area (Å²) in [5.41, 5.74) is -0.853. The van der Waals surface area contributed by atoms with Gasteiger partial charge in [-0.3, -0.25) is 24.7 Å². The van der Waals surface area contributed by atoms with E-state index < -0.39 is 26.5 Å². The second-order valence-corrected chi connectivity index (χ2v) is 7.70. The molecule has 1 saturated heterocycles. The molecule has 0 bridgehead atoms. The van der Waals surface area contributed by atoms with Crippen molar-refractivity contribution in [3.8, 4) is 5.88 Å². The molecule has 3 heterocycles. The van der Waals surface area contributed by atoms with E-state index in [0.717, 1.165) is 0 Å². The third-order valence-corrected chi connectivity index (χ3v) is 5.99. The molecule has 0 spiro atoms. The smallest absolute Gasteiger partial charge is 0.362 e. The lowest BCUT2D eigenvalue weighted by molar-refractivity contribution is -0.386. The first-order valence-electron chi connectivity index (χ1n) is 7.80. The summed E-state index contributed by atoms with van der Waals surface area (Å²) in [6.07, 6.45) is 2.65. The number of H-pyrrole nitrogens is 1. The van der Waals surface area contributed by atoms with Gasteiger partial charge in [-0.2, -0.15) is 9.40 Å². The molecule has 0 atom stereocenters. The Hall–Kier alpha value is -3.00. The maximum Gasteiger partial charge on any atom is 0.362 e. The van der Waals surface area contributed by atoms with Crippen LogP contribution in [-0.2, 0) is 17.1 Å². The van der Waals surface area contributed by atoms with E-state index >= 15 is 0 Å². The number of piperazine rings is 1. The first-order chi connectivity index (χ1) is 12.8. The van der Waals surface area contributed by atoms with Crippen molar-refractivity contribution in [2.45, 2.75) is 4.90 Å². The minimum absolute atomic E-state index is 0.0576. The highest BCUT2D eigenvalue weighted by Gasteiger charge is 2.36. The number of aryl methyl sites for hydroxylation is 1. The topological polar surface area (TPSA) is 157 Å².